The molecule has 0 aliphatic carbocycles. The predicted octanol–water partition coefficient (Wildman–Crippen LogP) is -0.00770. The molecular weight excluding hydrogens is 186 g/mol. The molecule has 3 nitrogen and oxygen atoms in total. The number of nitrogens with one attached hydrogen (secondary N) is 1. The molecule has 0 aromatic rings. The molecule has 0 bridgehead atoms. The van der Waals surface area contributed by atoms with Gasteiger partial charge in [0.1, 0.15) is 0 Å². The molecule has 0 aromatic carbocycles. The third kappa shape index (κ3) is 2.39. The number of thioether (sulfide) groups is 1. The van der Waals surface area contributed by atoms with Gasteiger partial charge < -0.3 is 10.4 Å². The topological polar surface area (TPSA) is 49.3 Å². The van der Waals surface area contributed by atoms with Crippen LogP contribution in [0.25, 0.3) is 0 Å². The Bertz CT molecular complexity index is 240. The van der Waals surface area contributed by atoms with Crippen LogP contribution in [0.1, 0.15) is 13.3 Å². The van der Waals surface area contributed by atoms with E-state index < -0.39 is 5.60 Å². The molecule has 1 aliphatic heterocycles. The first-order valence-corrected chi connectivity index (χ1v) is 5.31. The smallest absolute Gasteiger partial charge is 0.253 e. The van der Waals surface area contributed by atoms with E-state index in [0.717, 1.165) is 5.75 Å². The van der Waals surface area contributed by atoms with Crippen LogP contribution in [0.4, 0.5) is 0 Å². The molecule has 72 valence electrons. The van der Waals surface area contributed by atoms with E-state index >= 15 is 0 Å². The van der Waals surface area contributed by atoms with Crippen LogP contribution in [0.5, 0.6) is 0 Å². The van der Waals surface area contributed by atoms with Crippen molar-refractivity contribution in [2.24, 2.45) is 0 Å². The standard InChI is InChI=1S/C9H13NO2S/c1-3-7(2)10-8(11)9(12)4-5-13-6-9/h1,7,12H,4-6H2,2H3,(H,10,11). The van der Waals surface area contributed by atoms with Crippen LogP contribution < -0.4 is 5.32 Å². The number of rotatable bonds is 2. The number of carbonyl (C=O) groups is 1. The average Bonchev–Trinajstić information content (AvgIpc) is 2.53. The highest BCUT2D eigenvalue weighted by Gasteiger charge is 2.39. The Labute approximate surface area is 82.3 Å². The summed E-state index contributed by atoms with van der Waals surface area (Å²) in [6.45, 7) is 1.71. The van der Waals surface area contributed by atoms with Crippen LogP contribution in [0.15, 0.2) is 0 Å². The second-order valence-electron chi connectivity index (χ2n) is 3.20. The maximum absolute atomic E-state index is 11.5. The van der Waals surface area contributed by atoms with E-state index in [9.17, 15) is 9.90 Å². The summed E-state index contributed by atoms with van der Waals surface area (Å²) in [5.74, 6) is 3.34. The zero-order valence-corrected chi connectivity index (χ0v) is 8.36. The fraction of sp³-hybridized carbons (Fsp3) is 0.667. The van der Waals surface area contributed by atoms with E-state index in [1.54, 1.807) is 18.7 Å². The van der Waals surface area contributed by atoms with Crippen LogP contribution >= 0.6 is 11.8 Å². The van der Waals surface area contributed by atoms with Gasteiger partial charge in [-0.1, -0.05) is 5.92 Å². The van der Waals surface area contributed by atoms with E-state index in [-0.39, 0.29) is 11.9 Å². The van der Waals surface area contributed by atoms with Crippen LogP contribution in [0.3, 0.4) is 0 Å². The Kier molecular flexibility index (Phi) is 3.23. The molecule has 2 N–H and O–H groups in total. The lowest BCUT2D eigenvalue weighted by Gasteiger charge is -2.21. The van der Waals surface area contributed by atoms with Crippen LogP contribution in [0, 0.1) is 12.3 Å². The van der Waals surface area contributed by atoms with Crippen molar-refractivity contribution in [2.45, 2.75) is 25.0 Å². The fourth-order valence-electron chi connectivity index (χ4n) is 1.11. The summed E-state index contributed by atoms with van der Waals surface area (Å²) in [5, 5.41) is 12.4. The first kappa shape index (κ1) is 10.4. The monoisotopic (exact) mass is 199 g/mol. The molecule has 0 radical (unpaired) electrons. The van der Waals surface area contributed by atoms with E-state index in [4.69, 9.17) is 6.42 Å². The van der Waals surface area contributed by atoms with Crippen molar-refractivity contribution in [1.82, 2.24) is 5.32 Å². The number of hydrogen-bond acceptors (Lipinski definition) is 3. The minimum Gasteiger partial charge on any atom is -0.379 e. The number of aliphatic hydroxyl groups is 1. The highest BCUT2D eigenvalue weighted by molar-refractivity contribution is 7.99. The third-order valence-corrected chi connectivity index (χ3v) is 3.20. The summed E-state index contributed by atoms with van der Waals surface area (Å²) in [6, 6.07) is -0.317. The van der Waals surface area contributed by atoms with Gasteiger partial charge in [0.25, 0.3) is 5.91 Å². The summed E-state index contributed by atoms with van der Waals surface area (Å²) in [4.78, 5) is 11.5. The van der Waals surface area contributed by atoms with Crippen molar-refractivity contribution < 1.29 is 9.90 Å². The Hall–Kier alpha value is -0.660. The van der Waals surface area contributed by atoms with Gasteiger partial charge in [0.15, 0.2) is 5.60 Å². The quantitative estimate of drug-likeness (QED) is 0.615. The Morgan fingerprint density at radius 1 is 1.85 bits per heavy atom. The molecule has 2 unspecified atom stereocenters. The van der Waals surface area contributed by atoms with Gasteiger partial charge in [-0.05, 0) is 19.1 Å². The Balaban J connectivity index is 2.52. The van der Waals surface area contributed by atoms with Crippen molar-refractivity contribution in [3.8, 4) is 12.3 Å². The predicted molar refractivity (Wildman–Crippen MR) is 53.3 cm³/mol. The largest absolute Gasteiger partial charge is 0.379 e. The average molecular weight is 199 g/mol. The SMILES string of the molecule is C#CC(C)NC(=O)C1(O)CCSC1. The second-order valence-corrected chi connectivity index (χ2v) is 4.30. The molecule has 1 heterocycles. The molecule has 1 saturated heterocycles. The molecule has 2 atom stereocenters. The fourth-order valence-corrected chi connectivity index (χ4v) is 2.35. The lowest BCUT2D eigenvalue weighted by Crippen LogP contribution is -2.49. The summed E-state index contributed by atoms with van der Waals surface area (Å²) in [7, 11) is 0. The first-order chi connectivity index (χ1) is 6.08. The number of terminal acetylenes is 1. The molecule has 0 saturated carbocycles. The highest BCUT2D eigenvalue weighted by atomic mass is 32.2. The lowest BCUT2D eigenvalue weighted by atomic mass is 10.0. The molecule has 0 aromatic heterocycles. The molecule has 13 heavy (non-hydrogen) atoms. The van der Waals surface area contributed by atoms with Gasteiger partial charge in [-0.15, -0.1) is 6.42 Å². The lowest BCUT2D eigenvalue weighted by molar-refractivity contribution is -0.137. The molecule has 4 heteroatoms. The van der Waals surface area contributed by atoms with Crippen molar-refractivity contribution in [1.29, 1.82) is 0 Å². The Morgan fingerprint density at radius 2 is 2.54 bits per heavy atom. The van der Waals surface area contributed by atoms with Crippen molar-refractivity contribution >= 4 is 17.7 Å². The van der Waals surface area contributed by atoms with E-state index in [1.807, 2.05) is 0 Å². The normalized spacial score (nSPS) is 29.3. The van der Waals surface area contributed by atoms with E-state index in [0.29, 0.717) is 12.2 Å². The zero-order valence-electron chi connectivity index (χ0n) is 7.54. The number of carbonyl (C=O) groups excluding carboxylic acids is 1. The van der Waals surface area contributed by atoms with Crippen LogP contribution in [-0.2, 0) is 4.79 Å². The van der Waals surface area contributed by atoms with Crippen molar-refractivity contribution in [3.63, 3.8) is 0 Å². The van der Waals surface area contributed by atoms with Crippen LogP contribution in [0.2, 0.25) is 0 Å². The first-order valence-electron chi connectivity index (χ1n) is 4.16. The van der Waals surface area contributed by atoms with Gasteiger partial charge in [-0.25, -0.2) is 0 Å². The summed E-state index contributed by atoms with van der Waals surface area (Å²) < 4.78 is 0. The van der Waals surface area contributed by atoms with E-state index in [2.05, 4.69) is 11.2 Å². The summed E-state index contributed by atoms with van der Waals surface area (Å²) in [5.41, 5.74) is -1.20. The van der Waals surface area contributed by atoms with E-state index in [1.165, 1.54) is 0 Å². The van der Waals surface area contributed by atoms with Gasteiger partial charge in [-0.2, -0.15) is 11.8 Å². The maximum Gasteiger partial charge on any atom is 0.253 e. The molecular formula is C9H13NO2S. The van der Waals surface area contributed by atoms with Gasteiger partial charge in [0, 0.05) is 5.75 Å². The summed E-state index contributed by atoms with van der Waals surface area (Å²) >= 11 is 1.58. The number of amides is 1. The molecule has 1 aliphatic rings. The van der Waals surface area contributed by atoms with Gasteiger partial charge in [-0.3, -0.25) is 4.79 Å². The second kappa shape index (κ2) is 4.03. The number of hydrogen-bond donors (Lipinski definition) is 2. The molecule has 1 amide bonds. The molecule has 1 fully saturated rings. The van der Waals surface area contributed by atoms with Crippen LogP contribution in [-0.4, -0.2) is 34.2 Å². The highest BCUT2D eigenvalue weighted by Crippen LogP contribution is 2.27. The third-order valence-electron chi connectivity index (χ3n) is 2.02. The Morgan fingerprint density at radius 3 is 3.00 bits per heavy atom. The molecule has 0 spiro atoms. The van der Waals surface area contributed by atoms with Gasteiger partial charge in [0.05, 0.1) is 6.04 Å². The summed E-state index contributed by atoms with van der Waals surface area (Å²) in [6.07, 6.45) is 5.63. The molecule has 1 rings (SSSR count). The van der Waals surface area contributed by atoms with Gasteiger partial charge in [0.2, 0.25) is 0 Å². The minimum atomic E-state index is -1.20. The van der Waals surface area contributed by atoms with Crippen molar-refractivity contribution in [3.05, 3.63) is 0 Å². The maximum atomic E-state index is 11.5. The minimum absolute atomic E-state index is 0.317. The zero-order chi connectivity index (χ0) is 9.90. The van der Waals surface area contributed by atoms with Gasteiger partial charge >= 0.3 is 0 Å². The van der Waals surface area contributed by atoms with Crippen molar-refractivity contribution in [2.75, 3.05) is 11.5 Å².